The summed E-state index contributed by atoms with van der Waals surface area (Å²) >= 11 is 4.60. The molecule has 6 heteroatoms. The van der Waals surface area contributed by atoms with E-state index in [-0.39, 0.29) is 11.1 Å². The minimum Gasteiger partial charge on any atom is -0.375 e. The van der Waals surface area contributed by atoms with Crippen molar-refractivity contribution in [1.29, 1.82) is 0 Å². The Balaban J connectivity index is 2.12. The molecule has 0 amide bonds. The molecule has 0 bridgehead atoms. The number of rotatable bonds is 3. The quantitative estimate of drug-likeness (QED) is 0.823. The average Bonchev–Trinajstić information content (AvgIpc) is 2.75. The predicted molar refractivity (Wildman–Crippen MR) is 82.2 cm³/mol. The van der Waals surface area contributed by atoms with Gasteiger partial charge in [0.05, 0.1) is 11.6 Å². The normalized spacial score (nSPS) is 11.7. The highest BCUT2D eigenvalue weighted by Crippen LogP contribution is 2.28. The second kappa shape index (κ2) is 5.77. The van der Waals surface area contributed by atoms with E-state index in [1.54, 1.807) is 17.5 Å². The van der Waals surface area contributed by atoms with E-state index in [9.17, 15) is 8.78 Å². The van der Waals surface area contributed by atoms with Crippen molar-refractivity contribution >= 4 is 33.0 Å². The zero-order chi connectivity index (χ0) is 14.9. The van der Waals surface area contributed by atoms with Gasteiger partial charge in [0.2, 0.25) is 0 Å². The average molecular weight is 361 g/mol. The summed E-state index contributed by atoms with van der Waals surface area (Å²) in [7, 11) is 0. The van der Waals surface area contributed by atoms with Gasteiger partial charge in [0.1, 0.15) is 17.3 Å². The molecule has 0 radical (unpaired) electrons. The summed E-state index contributed by atoms with van der Waals surface area (Å²) in [6, 6.07) is 2.47. The van der Waals surface area contributed by atoms with Crippen molar-refractivity contribution in [3.05, 3.63) is 44.3 Å². The second-order valence-corrected chi connectivity index (χ2v) is 7.51. The van der Waals surface area contributed by atoms with Gasteiger partial charge in [-0.15, -0.1) is 11.3 Å². The Bertz CT molecular complexity index is 597. The topological polar surface area (TPSA) is 24.9 Å². The van der Waals surface area contributed by atoms with Crippen molar-refractivity contribution in [2.45, 2.75) is 32.7 Å². The van der Waals surface area contributed by atoms with E-state index in [1.807, 2.05) is 0 Å². The third kappa shape index (κ3) is 3.55. The molecule has 2 aromatic rings. The van der Waals surface area contributed by atoms with Gasteiger partial charge < -0.3 is 5.32 Å². The monoisotopic (exact) mass is 360 g/mol. The Morgan fingerprint density at radius 2 is 1.85 bits per heavy atom. The summed E-state index contributed by atoms with van der Waals surface area (Å²) in [4.78, 5) is 5.28. The maximum absolute atomic E-state index is 13.7. The molecule has 0 unspecified atom stereocenters. The summed E-state index contributed by atoms with van der Waals surface area (Å²) in [6.07, 6.45) is 1.74. The van der Waals surface area contributed by atoms with Gasteiger partial charge in [-0.25, -0.2) is 13.8 Å². The van der Waals surface area contributed by atoms with E-state index < -0.39 is 11.6 Å². The summed E-state index contributed by atoms with van der Waals surface area (Å²) in [6.45, 7) is 6.59. The van der Waals surface area contributed by atoms with Crippen molar-refractivity contribution < 1.29 is 8.78 Å². The summed E-state index contributed by atoms with van der Waals surface area (Å²) < 4.78 is 27.7. The third-order valence-electron chi connectivity index (χ3n) is 2.64. The van der Waals surface area contributed by atoms with Gasteiger partial charge in [-0.3, -0.25) is 0 Å². The minimum absolute atomic E-state index is 0.0168. The fraction of sp³-hybridized carbons (Fsp3) is 0.357. The number of hydrogen-bond acceptors (Lipinski definition) is 3. The van der Waals surface area contributed by atoms with Crippen LogP contribution in [0, 0.1) is 11.6 Å². The number of anilines is 1. The van der Waals surface area contributed by atoms with Crippen LogP contribution in [0.5, 0.6) is 0 Å². The van der Waals surface area contributed by atoms with Crippen LogP contribution in [0.15, 0.2) is 22.8 Å². The Kier molecular flexibility index (Phi) is 4.44. The van der Waals surface area contributed by atoms with Crippen molar-refractivity contribution in [2.24, 2.45) is 0 Å². The van der Waals surface area contributed by atoms with E-state index >= 15 is 0 Å². The number of nitrogens with zero attached hydrogens (tertiary/aromatic N) is 1. The SMILES string of the molecule is CC(C)(C)c1ncc(CNc2c(F)cc(Br)cc2F)s1. The maximum Gasteiger partial charge on any atom is 0.150 e. The smallest absolute Gasteiger partial charge is 0.150 e. The molecule has 2 nitrogen and oxygen atoms in total. The molecule has 2 rings (SSSR count). The van der Waals surface area contributed by atoms with Crippen molar-refractivity contribution in [2.75, 3.05) is 5.32 Å². The predicted octanol–water partition coefficient (Wildman–Crippen LogP) is 5.09. The van der Waals surface area contributed by atoms with Gasteiger partial charge in [0, 0.05) is 21.0 Å². The van der Waals surface area contributed by atoms with Gasteiger partial charge >= 0.3 is 0 Å². The molecule has 0 fully saturated rings. The van der Waals surface area contributed by atoms with Crippen molar-refractivity contribution in [3.8, 4) is 0 Å². The molecular formula is C14H15BrF2N2S. The Hall–Kier alpha value is -1.01. The largest absolute Gasteiger partial charge is 0.375 e. The Morgan fingerprint density at radius 1 is 1.25 bits per heavy atom. The van der Waals surface area contributed by atoms with E-state index in [4.69, 9.17) is 0 Å². The highest BCUT2D eigenvalue weighted by molar-refractivity contribution is 9.10. The van der Waals surface area contributed by atoms with Gasteiger partial charge in [-0.05, 0) is 12.1 Å². The molecule has 1 aromatic carbocycles. The molecular weight excluding hydrogens is 346 g/mol. The van der Waals surface area contributed by atoms with Crippen LogP contribution < -0.4 is 5.32 Å². The van der Waals surface area contributed by atoms with Crippen LogP contribution in [0.4, 0.5) is 14.5 Å². The van der Waals surface area contributed by atoms with Gasteiger partial charge in [-0.1, -0.05) is 36.7 Å². The number of thiazole rings is 1. The lowest BCUT2D eigenvalue weighted by Crippen LogP contribution is -2.09. The number of aromatic nitrogens is 1. The van der Waals surface area contributed by atoms with Crippen LogP contribution in [-0.2, 0) is 12.0 Å². The van der Waals surface area contributed by atoms with E-state index in [0.29, 0.717) is 11.0 Å². The molecule has 0 aliphatic rings. The summed E-state index contributed by atoms with van der Waals surface area (Å²) in [5.41, 5.74) is -0.129. The molecule has 1 N–H and O–H groups in total. The van der Waals surface area contributed by atoms with Gasteiger partial charge in [0.15, 0.2) is 0 Å². The van der Waals surface area contributed by atoms with Crippen LogP contribution in [0.2, 0.25) is 0 Å². The lowest BCUT2D eigenvalue weighted by molar-refractivity contribution is 0.585. The third-order valence-corrected chi connectivity index (χ3v) is 4.52. The molecule has 1 heterocycles. The first kappa shape index (κ1) is 15.4. The summed E-state index contributed by atoms with van der Waals surface area (Å²) in [5, 5.41) is 3.79. The molecule has 0 spiro atoms. The first-order valence-electron chi connectivity index (χ1n) is 6.11. The molecule has 20 heavy (non-hydrogen) atoms. The standard InChI is InChI=1S/C14H15BrF2N2S/c1-14(2,3)13-19-7-9(20-13)6-18-12-10(16)4-8(15)5-11(12)17/h4-5,7,18H,6H2,1-3H3. The number of nitrogens with one attached hydrogen (secondary N) is 1. The maximum atomic E-state index is 13.7. The highest BCUT2D eigenvalue weighted by atomic mass is 79.9. The second-order valence-electron chi connectivity index (χ2n) is 5.48. The first-order chi connectivity index (χ1) is 9.27. The fourth-order valence-corrected chi connectivity index (χ4v) is 2.93. The van der Waals surface area contributed by atoms with Gasteiger partial charge in [-0.2, -0.15) is 0 Å². The Morgan fingerprint density at radius 3 is 2.35 bits per heavy atom. The first-order valence-corrected chi connectivity index (χ1v) is 7.72. The van der Waals surface area contributed by atoms with E-state index in [1.165, 1.54) is 12.1 Å². The number of hydrogen-bond donors (Lipinski definition) is 1. The number of halogens is 3. The lowest BCUT2D eigenvalue weighted by atomic mass is 9.98. The molecule has 0 aliphatic heterocycles. The van der Waals surface area contributed by atoms with E-state index in [0.717, 1.165) is 9.88 Å². The van der Waals surface area contributed by atoms with Crippen LogP contribution in [-0.4, -0.2) is 4.98 Å². The van der Waals surface area contributed by atoms with Crippen LogP contribution >= 0.6 is 27.3 Å². The highest BCUT2D eigenvalue weighted by Gasteiger charge is 2.18. The zero-order valence-electron chi connectivity index (χ0n) is 11.4. The van der Waals surface area contributed by atoms with Crippen LogP contribution in [0.25, 0.3) is 0 Å². The van der Waals surface area contributed by atoms with E-state index in [2.05, 4.69) is 47.0 Å². The Labute approximate surface area is 129 Å². The van der Waals surface area contributed by atoms with Crippen LogP contribution in [0.1, 0.15) is 30.7 Å². The molecule has 108 valence electrons. The molecule has 0 aliphatic carbocycles. The van der Waals surface area contributed by atoms with Crippen molar-refractivity contribution in [1.82, 2.24) is 4.98 Å². The zero-order valence-corrected chi connectivity index (χ0v) is 13.8. The fourth-order valence-electron chi connectivity index (χ4n) is 1.62. The lowest BCUT2D eigenvalue weighted by Gasteiger charge is -2.13. The van der Waals surface area contributed by atoms with Crippen LogP contribution in [0.3, 0.4) is 0 Å². The summed E-state index contributed by atoms with van der Waals surface area (Å²) in [5.74, 6) is -1.23. The number of benzene rings is 1. The molecule has 0 saturated carbocycles. The molecule has 0 saturated heterocycles. The minimum atomic E-state index is -0.613. The van der Waals surface area contributed by atoms with Gasteiger partial charge in [0.25, 0.3) is 0 Å². The van der Waals surface area contributed by atoms with Crippen molar-refractivity contribution in [3.63, 3.8) is 0 Å². The molecule has 0 atom stereocenters. The molecule has 1 aromatic heterocycles.